The third-order valence-corrected chi connectivity index (χ3v) is 3.18. The van der Waals surface area contributed by atoms with Crippen LogP contribution in [0.2, 0.25) is 0 Å². The zero-order valence-electron chi connectivity index (χ0n) is 15.9. The van der Waals surface area contributed by atoms with Gasteiger partial charge in [0.2, 0.25) is 5.88 Å². The molecule has 8 heteroatoms. The van der Waals surface area contributed by atoms with E-state index >= 15 is 0 Å². The number of nitrogens with one attached hydrogen (secondary N) is 1. The molecule has 8 nitrogen and oxygen atoms in total. The molecule has 148 valence electrons. The lowest BCUT2D eigenvalue weighted by Gasteiger charge is -2.12. The minimum atomic E-state index is -0.217. The van der Waals surface area contributed by atoms with Gasteiger partial charge in [-0.2, -0.15) is 5.90 Å². The van der Waals surface area contributed by atoms with Crippen LogP contribution >= 0.6 is 0 Å². The molecule has 0 saturated carbocycles. The summed E-state index contributed by atoms with van der Waals surface area (Å²) in [6.45, 7) is 7.05. The summed E-state index contributed by atoms with van der Waals surface area (Å²) in [5.41, 5.74) is 1.32. The highest BCUT2D eigenvalue weighted by Crippen LogP contribution is 2.28. The molecular weight excluding hydrogens is 350 g/mol. The van der Waals surface area contributed by atoms with Crippen LogP contribution in [0, 0.1) is 0 Å². The largest absolute Gasteiger partial charge is 0.490 e. The maximum atomic E-state index is 12.3. The molecule has 4 N–H and O–H groups in total. The van der Waals surface area contributed by atoms with Gasteiger partial charge in [0.25, 0.3) is 5.91 Å². The summed E-state index contributed by atoms with van der Waals surface area (Å²) >= 11 is 0. The molecule has 1 heterocycles. The molecule has 1 aromatic carbocycles. The standard InChI is InChI=1S/C17H21N3O4.C2H6O/c1-3-22-14-6-5-13(10-15(14)23-4-2)17(21)20-11-12-7-8-19-16(9-12)24-18;1-2-3/h5-10H,3-4,11,18H2,1-2H3,(H,20,21);3H,2H2,1H3. The molecule has 2 aromatic rings. The molecule has 0 aliphatic carbocycles. The molecule has 0 unspecified atom stereocenters. The Morgan fingerprint density at radius 3 is 2.41 bits per heavy atom. The Balaban J connectivity index is 0.00000114. The fourth-order valence-electron chi connectivity index (χ4n) is 2.10. The summed E-state index contributed by atoms with van der Waals surface area (Å²) in [4.78, 5) is 20.8. The Labute approximate surface area is 159 Å². The molecule has 2 rings (SSSR count). The van der Waals surface area contributed by atoms with Gasteiger partial charge in [-0.15, -0.1) is 0 Å². The van der Waals surface area contributed by atoms with E-state index in [1.54, 1.807) is 43.5 Å². The number of aliphatic hydroxyl groups excluding tert-OH is 1. The number of nitrogens with zero attached hydrogens (tertiary/aromatic N) is 1. The number of nitrogens with two attached hydrogens (primary N) is 1. The van der Waals surface area contributed by atoms with Crippen molar-refractivity contribution in [1.29, 1.82) is 0 Å². The molecule has 1 amide bonds. The van der Waals surface area contributed by atoms with Gasteiger partial charge in [0, 0.05) is 31.0 Å². The second-order valence-electron chi connectivity index (χ2n) is 5.15. The van der Waals surface area contributed by atoms with Crippen LogP contribution in [-0.4, -0.2) is 35.8 Å². The van der Waals surface area contributed by atoms with Crippen molar-refractivity contribution >= 4 is 5.91 Å². The van der Waals surface area contributed by atoms with Gasteiger partial charge in [-0.05, 0) is 50.6 Å². The number of benzene rings is 1. The highest BCUT2D eigenvalue weighted by atomic mass is 16.6. The molecule has 0 aliphatic heterocycles. The van der Waals surface area contributed by atoms with Crippen LogP contribution in [-0.2, 0) is 6.54 Å². The second-order valence-corrected chi connectivity index (χ2v) is 5.15. The summed E-state index contributed by atoms with van der Waals surface area (Å²) < 4.78 is 11.0. The summed E-state index contributed by atoms with van der Waals surface area (Å²) in [7, 11) is 0. The van der Waals surface area contributed by atoms with Crippen molar-refractivity contribution in [3.05, 3.63) is 47.7 Å². The normalized spacial score (nSPS) is 9.67. The minimum Gasteiger partial charge on any atom is -0.490 e. The van der Waals surface area contributed by atoms with Crippen LogP contribution in [0.15, 0.2) is 36.5 Å². The van der Waals surface area contributed by atoms with Crippen LogP contribution in [0.1, 0.15) is 36.7 Å². The zero-order valence-corrected chi connectivity index (χ0v) is 15.9. The Bertz CT molecular complexity index is 709. The van der Waals surface area contributed by atoms with Gasteiger partial charge in [0.1, 0.15) is 0 Å². The Kier molecular flexibility index (Phi) is 10.3. The number of rotatable bonds is 8. The van der Waals surface area contributed by atoms with E-state index in [-0.39, 0.29) is 12.5 Å². The van der Waals surface area contributed by atoms with Crippen molar-refractivity contribution in [3.8, 4) is 17.4 Å². The number of aliphatic hydroxyl groups is 1. The lowest BCUT2D eigenvalue weighted by atomic mass is 10.1. The second kappa shape index (κ2) is 12.5. The fourth-order valence-corrected chi connectivity index (χ4v) is 2.10. The van der Waals surface area contributed by atoms with Gasteiger partial charge in [-0.1, -0.05) is 0 Å². The number of amides is 1. The highest BCUT2D eigenvalue weighted by Gasteiger charge is 2.11. The van der Waals surface area contributed by atoms with Crippen molar-refractivity contribution in [2.75, 3.05) is 19.8 Å². The van der Waals surface area contributed by atoms with E-state index in [4.69, 9.17) is 20.5 Å². The number of pyridine rings is 1. The van der Waals surface area contributed by atoms with Crippen molar-refractivity contribution in [2.45, 2.75) is 27.3 Å². The SMILES string of the molecule is CCO.CCOc1ccc(C(=O)NCc2ccnc(ON)c2)cc1OCC. The fraction of sp³-hybridized carbons (Fsp3) is 0.368. The van der Waals surface area contributed by atoms with Crippen molar-refractivity contribution in [3.63, 3.8) is 0 Å². The van der Waals surface area contributed by atoms with Gasteiger partial charge in [0.15, 0.2) is 11.5 Å². The van der Waals surface area contributed by atoms with Crippen molar-refractivity contribution in [1.82, 2.24) is 10.3 Å². The monoisotopic (exact) mass is 377 g/mol. The van der Waals surface area contributed by atoms with Gasteiger partial charge >= 0.3 is 0 Å². The lowest BCUT2D eigenvalue weighted by Crippen LogP contribution is -2.23. The van der Waals surface area contributed by atoms with E-state index < -0.39 is 0 Å². The van der Waals surface area contributed by atoms with E-state index in [2.05, 4.69) is 15.1 Å². The Morgan fingerprint density at radius 1 is 1.11 bits per heavy atom. The first-order chi connectivity index (χ1) is 13.1. The maximum Gasteiger partial charge on any atom is 0.251 e. The molecule has 1 aromatic heterocycles. The Morgan fingerprint density at radius 2 is 1.78 bits per heavy atom. The summed E-state index contributed by atoms with van der Waals surface area (Å²) in [6.07, 6.45) is 1.56. The number of carbonyl (C=O) groups is 1. The summed E-state index contributed by atoms with van der Waals surface area (Å²) in [6, 6.07) is 8.53. The van der Waals surface area contributed by atoms with Gasteiger partial charge in [-0.3, -0.25) is 4.79 Å². The molecule has 0 atom stereocenters. The number of hydrogen-bond acceptors (Lipinski definition) is 7. The van der Waals surface area contributed by atoms with Crippen LogP contribution in [0.4, 0.5) is 0 Å². The molecular formula is C19H27N3O5. The van der Waals surface area contributed by atoms with Crippen LogP contribution in [0.3, 0.4) is 0 Å². The van der Waals surface area contributed by atoms with E-state index in [0.717, 1.165) is 5.56 Å². The highest BCUT2D eigenvalue weighted by molar-refractivity contribution is 5.94. The summed E-state index contributed by atoms with van der Waals surface area (Å²) in [5, 5.41) is 10.4. The van der Waals surface area contributed by atoms with Crippen LogP contribution < -0.4 is 25.5 Å². The molecule has 0 radical (unpaired) electrons. The average molecular weight is 377 g/mol. The number of ether oxygens (including phenoxy) is 2. The third-order valence-electron chi connectivity index (χ3n) is 3.18. The summed E-state index contributed by atoms with van der Waals surface area (Å²) in [5.74, 6) is 6.32. The average Bonchev–Trinajstić information content (AvgIpc) is 2.68. The number of carbonyl (C=O) groups excluding carboxylic acids is 1. The third kappa shape index (κ3) is 7.51. The van der Waals surface area contributed by atoms with Gasteiger partial charge < -0.3 is 24.7 Å². The quantitative estimate of drug-likeness (QED) is 0.603. The predicted octanol–water partition coefficient (Wildman–Crippen LogP) is 2.06. The Hall–Kier alpha value is -2.84. The molecule has 0 bridgehead atoms. The number of hydrogen-bond donors (Lipinski definition) is 3. The van der Waals surface area contributed by atoms with Crippen LogP contribution in [0.5, 0.6) is 17.4 Å². The van der Waals surface area contributed by atoms with E-state index in [0.29, 0.717) is 42.7 Å². The minimum absolute atomic E-state index is 0.217. The van der Waals surface area contributed by atoms with E-state index in [1.165, 1.54) is 0 Å². The molecule has 0 aliphatic rings. The van der Waals surface area contributed by atoms with Gasteiger partial charge in [0.05, 0.1) is 13.2 Å². The molecule has 27 heavy (non-hydrogen) atoms. The molecule has 0 saturated heterocycles. The van der Waals surface area contributed by atoms with E-state index in [9.17, 15) is 4.79 Å². The molecule has 0 fully saturated rings. The smallest absolute Gasteiger partial charge is 0.251 e. The first-order valence-corrected chi connectivity index (χ1v) is 8.69. The number of aromatic nitrogens is 1. The topological polar surface area (TPSA) is 116 Å². The van der Waals surface area contributed by atoms with Crippen LogP contribution in [0.25, 0.3) is 0 Å². The molecule has 0 spiro atoms. The zero-order chi connectivity index (χ0) is 20.1. The lowest BCUT2D eigenvalue weighted by molar-refractivity contribution is 0.0950. The predicted molar refractivity (Wildman–Crippen MR) is 102 cm³/mol. The van der Waals surface area contributed by atoms with E-state index in [1.807, 2.05) is 13.8 Å². The van der Waals surface area contributed by atoms with Crippen molar-refractivity contribution in [2.24, 2.45) is 5.90 Å². The maximum absolute atomic E-state index is 12.3. The van der Waals surface area contributed by atoms with Crippen molar-refractivity contribution < 1.29 is 24.2 Å². The van der Waals surface area contributed by atoms with Gasteiger partial charge in [-0.25, -0.2) is 4.98 Å². The first-order valence-electron chi connectivity index (χ1n) is 8.69. The first kappa shape index (κ1) is 22.2.